The predicted octanol–water partition coefficient (Wildman–Crippen LogP) is 5.52. The Labute approximate surface area is 160 Å². The van der Waals surface area contributed by atoms with Gasteiger partial charge in [0.1, 0.15) is 5.00 Å². The maximum absolute atomic E-state index is 12.1. The van der Waals surface area contributed by atoms with E-state index in [0.29, 0.717) is 31.4 Å². The Hall–Kier alpha value is -1.34. The Kier molecular flexibility index (Phi) is 6.46. The van der Waals surface area contributed by atoms with Crippen LogP contribution in [0.4, 0.5) is 10.7 Å². The summed E-state index contributed by atoms with van der Waals surface area (Å²) < 4.78 is 4.89. The number of thiophene rings is 1. The molecule has 0 saturated heterocycles. The van der Waals surface area contributed by atoms with Crippen LogP contribution in [0.2, 0.25) is 10.0 Å². The summed E-state index contributed by atoms with van der Waals surface area (Å²) in [6, 6.07) is 5.05. The van der Waals surface area contributed by atoms with E-state index >= 15 is 0 Å². The molecule has 0 spiro atoms. The number of halogens is 2. The minimum Gasteiger partial charge on any atom is -0.465 e. The van der Waals surface area contributed by atoms with Crippen LogP contribution < -0.4 is 10.6 Å². The molecule has 1 aromatic heterocycles. The van der Waals surface area contributed by atoms with Gasteiger partial charge in [-0.25, -0.2) is 4.79 Å². The monoisotopic (exact) mass is 402 g/mol. The first kappa shape index (κ1) is 19.0. The predicted molar refractivity (Wildman–Crippen MR) is 106 cm³/mol. The molecule has 8 heteroatoms. The van der Waals surface area contributed by atoms with E-state index in [1.165, 1.54) is 18.4 Å². The molecule has 2 rings (SSSR count). The number of nitrogens with one attached hydrogen (secondary N) is 2. The SMILES string of the molecule is CCc1c(C)sc(NC(=S)Nc2cc(Cl)cc(Cl)c2)c1C(=O)OC. The molecule has 4 nitrogen and oxygen atoms in total. The lowest BCUT2D eigenvalue weighted by Crippen LogP contribution is -2.20. The Bertz CT molecular complexity index is 770. The van der Waals surface area contributed by atoms with Crippen molar-refractivity contribution in [3.8, 4) is 0 Å². The summed E-state index contributed by atoms with van der Waals surface area (Å²) in [6.45, 7) is 3.96. The second-order valence-electron chi connectivity index (χ2n) is 4.92. The zero-order valence-corrected chi connectivity index (χ0v) is 16.5. The van der Waals surface area contributed by atoms with Crippen molar-refractivity contribution in [3.05, 3.63) is 44.2 Å². The first-order valence-electron chi connectivity index (χ1n) is 7.10. The molecule has 0 aliphatic rings. The number of carbonyl (C=O) groups is 1. The quantitative estimate of drug-likeness (QED) is 0.520. The third-order valence-corrected chi connectivity index (χ3v) is 5.00. The summed E-state index contributed by atoms with van der Waals surface area (Å²) in [5.74, 6) is -0.382. The van der Waals surface area contributed by atoms with Crippen molar-refractivity contribution in [2.75, 3.05) is 17.7 Å². The largest absolute Gasteiger partial charge is 0.465 e. The molecule has 0 atom stereocenters. The van der Waals surface area contributed by atoms with Crippen molar-refractivity contribution in [3.63, 3.8) is 0 Å². The van der Waals surface area contributed by atoms with Crippen molar-refractivity contribution in [1.82, 2.24) is 0 Å². The summed E-state index contributed by atoms with van der Waals surface area (Å²) in [5, 5.41) is 8.07. The maximum Gasteiger partial charge on any atom is 0.341 e. The highest BCUT2D eigenvalue weighted by molar-refractivity contribution is 7.80. The van der Waals surface area contributed by atoms with Gasteiger partial charge in [-0.05, 0) is 49.3 Å². The molecule has 0 saturated carbocycles. The highest BCUT2D eigenvalue weighted by Gasteiger charge is 2.22. The summed E-state index contributed by atoms with van der Waals surface area (Å²) in [7, 11) is 1.36. The van der Waals surface area contributed by atoms with E-state index in [0.717, 1.165) is 16.9 Å². The van der Waals surface area contributed by atoms with Gasteiger partial charge in [-0.2, -0.15) is 0 Å². The number of benzene rings is 1. The molecule has 0 aliphatic carbocycles. The van der Waals surface area contributed by atoms with Crippen molar-refractivity contribution in [1.29, 1.82) is 0 Å². The first-order chi connectivity index (χ1) is 11.3. The van der Waals surface area contributed by atoms with Gasteiger partial charge in [0.2, 0.25) is 0 Å². The number of methoxy groups -OCH3 is 1. The zero-order valence-electron chi connectivity index (χ0n) is 13.3. The van der Waals surface area contributed by atoms with Crippen molar-refractivity contribution < 1.29 is 9.53 Å². The van der Waals surface area contributed by atoms with Gasteiger partial charge in [0, 0.05) is 20.6 Å². The smallest absolute Gasteiger partial charge is 0.341 e. The molecule has 0 amide bonds. The summed E-state index contributed by atoms with van der Waals surface area (Å²) in [5.41, 5.74) is 2.15. The second-order valence-corrected chi connectivity index (χ2v) is 7.43. The van der Waals surface area contributed by atoms with Gasteiger partial charge in [-0.3, -0.25) is 0 Å². The van der Waals surface area contributed by atoms with Gasteiger partial charge in [-0.1, -0.05) is 30.1 Å². The molecule has 1 heterocycles. The number of anilines is 2. The van der Waals surface area contributed by atoms with E-state index in [4.69, 9.17) is 40.2 Å². The van der Waals surface area contributed by atoms with Crippen LogP contribution in [0.1, 0.15) is 27.7 Å². The normalized spacial score (nSPS) is 10.4. The first-order valence-corrected chi connectivity index (χ1v) is 9.08. The maximum atomic E-state index is 12.1. The van der Waals surface area contributed by atoms with Crippen LogP contribution in [0.15, 0.2) is 18.2 Å². The molecule has 128 valence electrons. The molecule has 0 unspecified atom stereocenters. The zero-order chi connectivity index (χ0) is 17.9. The van der Waals surface area contributed by atoms with Crippen molar-refractivity contribution in [2.45, 2.75) is 20.3 Å². The van der Waals surface area contributed by atoms with E-state index in [1.807, 2.05) is 13.8 Å². The average molecular weight is 403 g/mol. The highest BCUT2D eigenvalue weighted by Crippen LogP contribution is 2.34. The average Bonchev–Trinajstić information content (AvgIpc) is 2.80. The van der Waals surface area contributed by atoms with Gasteiger partial charge >= 0.3 is 5.97 Å². The Morgan fingerprint density at radius 2 is 1.88 bits per heavy atom. The summed E-state index contributed by atoms with van der Waals surface area (Å²) >= 11 is 18.7. The van der Waals surface area contributed by atoms with E-state index in [2.05, 4.69) is 10.6 Å². The molecule has 2 aromatic rings. The molecule has 2 N–H and O–H groups in total. The van der Waals surface area contributed by atoms with E-state index < -0.39 is 0 Å². The number of esters is 1. The van der Waals surface area contributed by atoms with E-state index in [1.54, 1.807) is 18.2 Å². The van der Waals surface area contributed by atoms with Crippen LogP contribution in [-0.2, 0) is 11.2 Å². The van der Waals surface area contributed by atoms with Crippen molar-refractivity contribution >= 4 is 68.5 Å². The number of hydrogen-bond acceptors (Lipinski definition) is 4. The Morgan fingerprint density at radius 1 is 1.25 bits per heavy atom. The van der Waals surface area contributed by atoms with Crippen LogP contribution >= 0.6 is 46.8 Å². The fourth-order valence-corrected chi connectivity index (χ4v) is 4.25. The number of hydrogen-bond donors (Lipinski definition) is 2. The van der Waals surface area contributed by atoms with Crippen LogP contribution in [0.5, 0.6) is 0 Å². The lowest BCUT2D eigenvalue weighted by Gasteiger charge is -2.11. The lowest BCUT2D eigenvalue weighted by atomic mass is 10.1. The van der Waals surface area contributed by atoms with Crippen LogP contribution in [0.25, 0.3) is 0 Å². The molecule has 0 radical (unpaired) electrons. The third-order valence-electron chi connectivity index (χ3n) is 3.30. The summed E-state index contributed by atoms with van der Waals surface area (Å²) in [6.07, 6.45) is 0.735. The van der Waals surface area contributed by atoms with E-state index in [9.17, 15) is 4.79 Å². The minimum atomic E-state index is -0.382. The number of carbonyl (C=O) groups excluding carboxylic acids is 1. The van der Waals surface area contributed by atoms with Crippen LogP contribution in [-0.4, -0.2) is 18.2 Å². The van der Waals surface area contributed by atoms with Gasteiger partial charge < -0.3 is 15.4 Å². The fraction of sp³-hybridized carbons (Fsp3) is 0.250. The summed E-state index contributed by atoms with van der Waals surface area (Å²) in [4.78, 5) is 13.2. The number of thiocarbonyl (C=S) groups is 1. The van der Waals surface area contributed by atoms with Gasteiger partial charge in [0.05, 0.1) is 12.7 Å². The Balaban J connectivity index is 2.24. The number of aryl methyl sites for hydroxylation is 1. The molecule has 0 aliphatic heterocycles. The minimum absolute atomic E-state index is 0.336. The fourth-order valence-electron chi connectivity index (χ4n) is 2.30. The van der Waals surface area contributed by atoms with Crippen molar-refractivity contribution in [2.24, 2.45) is 0 Å². The number of rotatable bonds is 4. The highest BCUT2D eigenvalue weighted by atomic mass is 35.5. The Morgan fingerprint density at radius 3 is 2.42 bits per heavy atom. The second kappa shape index (κ2) is 8.16. The molecular weight excluding hydrogens is 387 g/mol. The standard InChI is InChI=1S/C16H16Cl2N2O2S2/c1-4-12-8(2)24-14(13(12)15(21)22-3)20-16(23)19-11-6-9(17)5-10(18)7-11/h5-7H,4H2,1-3H3,(H2,19,20,23). The topological polar surface area (TPSA) is 50.4 Å². The molecule has 0 bridgehead atoms. The lowest BCUT2D eigenvalue weighted by molar-refractivity contribution is 0.0601. The molecule has 1 aromatic carbocycles. The van der Waals surface area contributed by atoms with Crippen LogP contribution in [0.3, 0.4) is 0 Å². The molecule has 24 heavy (non-hydrogen) atoms. The van der Waals surface area contributed by atoms with E-state index in [-0.39, 0.29) is 5.97 Å². The molecular formula is C16H16Cl2N2O2S2. The third kappa shape index (κ3) is 4.39. The van der Waals surface area contributed by atoms with Gasteiger partial charge in [-0.15, -0.1) is 11.3 Å². The number of ether oxygens (including phenoxy) is 1. The van der Waals surface area contributed by atoms with Crippen LogP contribution in [0, 0.1) is 6.92 Å². The van der Waals surface area contributed by atoms with Gasteiger partial charge in [0.15, 0.2) is 5.11 Å². The molecule has 0 fully saturated rings. The van der Waals surface area contributed by atoms with Gasteiger partial charge in [0.25, 0.3) is 0 Å².